The molecule has 0 spiro atoms. The largest absolute Gasteiger partial charge is 0.326 e. The van der Waals surface area contributed by atoms with E-state index in [-0.39, 0.29) is 0 Å². The Labute approximate surface area is 75.5 Å². The van der Waals surface area contributed by atoms with Gasteiger partial charge in [0.1, 0.15) is 0 Å². The van der Waals surface area contributed by atoms with E-state index in [0.717, 1.165) is 11.0 Å². The van der Waals surface area contributed by atoms with Gasteiger partial charge in [0.2, 0.25) is 5.95 Å². The molecule has 0 bridgehead atoms. The van der Waals surface area contributed by atoms with Gasteiger partial charge in [0.15, 0.2) is 0 Å². The van der Waals surface area contributed by atoms with Crippen molar-refractivity contribution in [3.63, 3.8) is 0 Å². The number of hydrogen-bond acceptors (Lipinski definition) is 4. The van der Waals surface area contributed by atoms with Crippen molar-refractivity contribution in [3.8, 4) is 0 Å². The highest BCUT2D eigenvalue weighted by molar-refractivity contribution is 5.78. The van der Waals surface area contributed by atoms with Crippen LogP contribution in [0.25, 0.3) is 11.0 Å². The van der Waals surface area contributed by atoms with Crippen molar-refractivity contribution < 1.29 is 0 Å². The minimum atomic E-state index is 0.601. The van der Waals surface area contributed by atoms with Gasteiger partial charge in [0.25, 0.3) is 0 Å². The molecule has 0 aliphatic rings. The van der Waals surface area contributed by atoms with E-state index < -0.39 is 0 Å². The number of anilines is 1. The van der Waals surface area contributed by atoms with Crippen LogP contribution in [0.1, 0.15) is 0 Å². The fourth-order valence-corrected chi connectivity index (χ4v) is 1.35. The smallest absolute Gasteiger partial charge is 0.237 e. The molecule has 0 aliphatic carbocycles. The first-order chi connectivity index (χ1) is 6.36. The Kier molecular flexibility index (Phi) is 1.79. The Morgan fingerprint density at radius 1 is 1.38 bits per heavy atom. The first-order valence-electron chi connectivity index (χ1n) is 3.98. The fourth-order valence-electron chi connectivity index (χ4n) is 1.35. The fraction of sp³-hybridized carbons (Fsp3) is 0.125. The van der Waals surface area contributed by atoms with E-state index in [2.05, 4.69) is 15.8 Å². The maximum absolute atomic E-state index is 5.32. The van der Waals surface area contributed by atoms with Crippen LogP contribution in [0.15, 0.2) is 24.3 Å². The standard InChI is InChI=1S/C8H11N5/c1-10-13-7-5-3-2-4-6(7)11-8(13)12-9/h2-5,10H,9H2,1H3,(H,11,12). The van der Waals surface area contributed by atoms with Crippen LogP contribution in [0.3, 0.4) is 0 Å². The molecule has 1 aromatic heterocycles. The van der Waals surface area contributed by atoms with Gasteiger partial charge in [-0.05, 0) is 12.1 Å². The number of rotatable bonds is 2. The molecule has 5 heteroatoms. The molecule has 13 heavy (non-hydrogen) atoms. The minimum absolute atomic E-state index is 0.601. The normalized spacial score (nSPS) is 10.3. The summed E-state index contributed by atoms with van der Waals surface area (Å²) in [5.74, 6) is 5.92. The zero-order valence-electron chi connectivity index (χ0n) is 7.28. The summed E-state index contributed by atoms with van der Waals surface area (Å²) in [5, 5.41) is 0. The summed E-state index contributed by atoms with van der Waals surface area (Å²) in [6, 6.07) is 7.80. The summed E-state index contributed by atoms with van der Waals surface area (Å²) >= 11 is 0. The van der Waals surface area contributed by atoms with Gasteiger partial charge in [-0.25, -0.2) is 15.5 Å². The van der Waals surface area contributed by atoms with Crippen LogP contribution in [0.2, 0.25) is 0 Å². The van der Waals surface area contributed by atoms with Crippen LogP contribution in [0.4, 0.5) is 5.95 Å². The second kappa shape index (κ2) is 2.95. The second-order valence-corrected chi connectivity index (χ2v) is 2.63. The lowest BCUT2D eigenvalue weighted by molar-refractivity contribution is 0.950. The van der Waals surface area contributed by atoms with E-state index in [0.29, 0.717) is 5.95 Å². The monoisotopic (exact) mass is 177 g/mol. The molecule has 1 heterocycles. The maximum atomic E-state index is 5.32. The number of fused-ring (bicyclic) bond motifs is 1. The van der Waals surface area contributed by atoms with Crippen LogP contribution in [0.5, 0.6) is 0 Å². The molecule has 0 saturated heterocycles. The van der Waals surface area contributed by atoms with Gasteiger partial charge < -0.3 is 5.43 Å². The molecule has 4 N–H and O–H groups in total. The Hall–Kier alpha value is -1.75. The van der Waals surface area contributed by atoms with Gasteiger partial charge in [-0.1, -0.05) is 12.1 Å². The van der Waals surface area contributed by atoms with Gasteiger partial charge in [-0.2, -0.15) is 0 Å². The third kappa shape index (κ3) is 1.09. The molecule has 0 aliphatic heterocycles. The van der Waals surface area contributed by atoms with Crippen LogP contribution in [-0.2, 0) is 0 Å². The van der Waals surface area contributed by atoms with E-state index in [9.17, 15) is 0 Å². The SMILES string of the molecule is CNn1c(NN)nc2ccccc21. The third-order valence-electron chi connectivity index (χ3n) is 1.91. The zero-order valence-corrected chi connectivity index (χ0v) is 7.28. The molecule has 1 aromatic carbocycles. The highest BCUT2D eigenvalue weighted by Crippen LogP contribution is 2.16. The van der Waals surface area contributed by atoms with Gasteiger partial charge in [-0.3, -0.25) is 5.43 Å². The molecule has 2 rings (SSSR count). The van der Waals surface area contributed by atoms with Crippen molar-refractivity contribution >= 4 is 17.0 Å². The van der Waals surface area contributed by atoms with Crippen LogP contribution >= 0.6 is 0 Å². The first-order valence-corrected chi connectivity index (χ1v) is 3.98. The third-order valence-corrected chi connectivity index (χ3v) is 1.91. The van der Waals surface area contributed by atoms with E-state index >= 15 is 0 Å². The van der Waals surface area contributed by atoms with Crippen LogP contribution in [0, 0.1) is 0 Å². The molecular formula is C8H11N5. The number of nitrogen functional groups attached to an aromatic ring is 1. The predicted octanol–water partition coefficient (Wildman–Crippen LogP) is 0.495. The number of nitrogens with one attached hydrogen (secondary N) is 2. The van der Waals surface area contributed by atoms with Crippen molar-refractivity contribution in [2.24, 2.45) is 5.84 Å². The van der Waals surface area contributed by atoms with E-state index in [1.807, 2.05) is 31.3 Å². The Morgan fingerprint density at radius 3 is 2.85 bits per heavy atom. The van der Waals surface area contributed by atoms with Crippen LogP contribution in [-0.4, -0.2) is 16.7 Å². The topological polar surface area (TPSA) is 67.9 Å². The molecule has 0 radical (unpaired) electrons. The molecule has 0 amide bonds. The highest BCUT2D eigenvalue weighted by atomic mass is 15.5. The molecule has 0 atom stereocenters. The Bertz CT molecular complexity index is 419. The van der Waals surface area contributed by atoms with Gasteiger partial charge in [-0.15, -0.1) is 0 Å². The van der Waals surface area contributed by atoms with E-state index in [4.69, 9.17) is 5.84 Å². The summed E-state index contributed by atoms with van der Waals surface area (Å²) < 4.78 is 1.79. The summed E-state index contributed by atoms with van der Waals surface area (Å²) in [6.07, 6.45) is 0. The van der Waals surface area contributed by atoms with E-state index in [1.54, 1.807) is 4.68 Å². The van der Waals surface area contributed by atoms with Crippen molar-refractivity contribution in [2.75, 3.05) is 17.9 Å². The predicted molar refractivity (Wildman–Crippen MR) is 52.8 cm³/mol. The molecule has 68 valence electrons. The van der Waals surface area contributed by atoms with Gasteiger partial charge in [0, 0.05) is 7.05 Å². The van der Waals surface area contributed by atoms with Crippen molar-refractivity contribution in [3.05, 3.63) is 24.3 Å². The number of nitrogens with two attached hydrogens (primary N) is 1. The molecule has 0 unspecified atom stereocenters. The highest BCUT2D eigenvalue weighted by Gasteiger charge is 2.06. The lowest BCUT2D eigenvalue weighted by Gasteiger charge is -2.05. The second-order valence-electron chi connectivity index (χ2n) is 2.63. The van der Waals surface area contributed by atoms with Gasteiger partial charge >= 0.3 is 0 Å². The molecule has 0 fully saturated rings. The summed E-state index contributed by atoms with van der Waals surface area (Å²) in [6.45, 7) is 0. The minimum Gasteiger partial charge on any atom is -0.326 e. The number of para-hydroxylation sites is 2. The number of benzene rings is 1. The lowest BCUT2D eigenvalue weighted by Crippen LogP contribution is -2.17. The first kappa shape index (κ1) is 7.88. The zero-order chi connectivity index (χ0) is 9.26. The van der Waals surface area contributed by atoms with E-state index in [1.165, 1.54) is 0 Å². The lowest BCUT2D eigenvalue weighted by atomic mass is 10.3. The molecule has 2 aromatic rings. The van der Waals surface area contributed by atoms with Crippen LogP contribution < -0.4 is 16.7 Å². The summed E-state index contributed by atoms with van der Waals surface area (Å²) in [7, 11) is 1.81. The van der Waals surface area contributed by atoms with Crippen molar-refractivity contribution in [2.45, 2.75) is 0 Å². The van der Waals surface area contributed by atoms with Crippen molar-refractivity contribution in [1.82, 2.24) is 9.66 Å². The van der Waals surface area contributed by atoms with Crippen molar-refractivity contribution in [1.29, 1.82) is 0 Å². The average Bonchev–Trinajstić information content (AvgIpc) is 2.55. The number of aromatic nitrogens is 2. The Morgan fingerprint density at radius 2 is 2.15 bits per heavy atom. The summed E-state index contributed by atoms with van der Waals surface area (Å²) in [4.78, 5) is 4.27. The summed E-state index contributed by atoms with van der Waals surface area (Å²) in [5.41, 5.74) is 7.41. The number of nitrogens with zero attached hydrogens (tertiary/aromatic N) is 2. The average molecular weight is 177 g/mol. The number of imidazole rings is 1. The van der Waals surface area contributed by atoms with Gasteiger partial charge in [0.05, 0.1) is 11.0 Å². The Balaban J connectivity index is 2.73. The number of hydrazine groups is 1. The molecule has 5 nitrogen and oxygen atoms in total. The molecular weight excluding hydrogens is 166 g/mol. The molecule has 0 saturated carbocycles. The number of hydrogen-bond donors (Lipinski definition) is 3. The maximum Gasteiger partial charge on any atom is 0.237 e. The quantitative estimate of drug-likeness (QED) is 0.461.